The van der Waals surface area contributed by atoms with Crippen molar-refractivity contribution in [3.8, 4) is 5.75 Å². The zero-order valence-electron chi connectivity index (χ0n) is 9.06. The number of nitrogens with zero attached hydrogens (tertiary/aromatic N) is 2. The Balaban J connectivity index is 2.05. The van der Waals surface area contributed by atoms with Crippen molar-refractivity contribution in [1.82, 2.24) is 9.55 Å². The molecule has 0 amide bonds. The van der Waals surface area contributed by atoms with Gasteiger partial charge in [-0.3, -0.25) is 0 Å². The minimum atomic E-state index is 0.490. The van der Waals surface area contributed by atoms with Crippen LogP contribution in [0.1, 0.15) is 12.7 Å². The highest BCUT2D eigenvalue weighted by atomic mass is 79.9. The molecular formula is C12H13BrN2O. The largest absolute Gasteiger partial charge is 0.486 e. The summed E-state index contributed by atoms with van der Waals surface area (Å²) in [6, 6.07) is 9.76. The van der Waals surface area contributed by atoms with E-state index in [0.717, 1.165) is 22.7 Å². The minimum absolute atomic E-state index is 0.490. The molecule has 3 nitrogen and oxygen atoms in total. The molecule has 0 atom stereocenters. The first-order chi connectivity index (χ1) is 7.81. The van der Waals surface area contributed by atoms with Crippen LogP contribution in [0.2, 0.25) is 0 Å². The third-order valence-electron chi connectivity index (χ3n) is 2.32. The van der Waals surface area contributed by atoms with Gasteiger partial charge in [-0.25, -0.2) is 4.98 Å². The average Bonchev–Trinajstić information content (AvgIpc) is 2.68. The molecule has 16 heavy (non-hydrogen) atoms. The van der Waals surface area contributed by atoms with Gasteiger partial charge in [-0.15, -0.1) is 0 Å². The topological polar surface area (TPSA) is 27.1 Å². The second-order valence-electron chi connectivity index (χ2n) is 3.34. The first-order valence-corrected chi connectivity index (χ1v) is 5.98. The van der Waals surface area contributed by atoms with Crippen LogP contribution in [0.3, 0.4) is 0 Å². The summed E-state index contributed by atoms with van der Waals surface area (Å²) in [4.78, 5) is 4.29. The number of rotatable bonds is 4. The molecule has 0 aliphatic heterocycles. The lowest BCUT2D eigenvalue weighted by Crippen LogP contribution is -2.06. The van der Waals surface area contributed by atoms with Crippen LogP contribution >= 0.6 is 15.9 Å². The van der Waals surface area contributed by atoms with Gasteiger partial charge in [0.15, 0.2) is 0 Å². The second-order valence-corrected chi connectivity index (χ2v) is 4.16. The highest BCUT2D eigenvalue weighted by Crippen LogP contribution is 2.15. The fourth-order valence-corrected chi connectivity index (χ4v) is 2.06. The van der Waals surface area contributed by atoms with E-state index in [0.29, 0.717) is 6.61 Å². The molecule has 0 aliphatic rings. The van der Waals surface area contributed by atoms with Gasteiger partial charge in [0.1, 0.15) is 22.8 Å². The normalized spacial score (nSPS) is 10.4. The van der Waals surface area contributed by atoms with Crippen molar-refractivity contribution in [2.45, 2.75) is 20.1 Å². The van der Waals surface area contributed by atoms with E-state index in [1.165, 1.54) is 0 Å². The van der Waals surface area contributed by atoms with Crippen molar-refractivity contribution in [2.24, 2.45) is 0 Å². The maximum absolute atomic E-state index is 5.64. The molecule has 1 heterocycles. The smallest absolute Gasteiger partial charge is 0.147 e. The van der Waals surface area contributed by atoms with Crippen molar-refractivity contribution in [3.05, 3.63) is 47.0 Å². The molecule has 0 N–H and O–H groups in total. The third-order valence-corrected chi connectivity index (χ3v) is 2.95. The van der Waals surface area contributed by atoms with Gasteiger partial charge in [0, 0.05) is 6.54 Å². The summed E-state index contributed by atoms with van der Waals surface area (Å²) in [6.45, 7) is 3.45. The lowest BCUT2D eigenvalue weighted by atomic mass is 10.3. The van der Waals surface area contributed by atoms with E-state index in [1.54, 1.807) is 6.20 Å². The van der Waals surface area contributed by atoms with Crippen LogP contribution < -0.4 is 4.74 Å². The standard InChI is InChI=1S/C12H13BrN2O/c1-2-15-11(13)8-14-12(15)9-16-10-6-4-3-5-7-10/h3-8H,2,9H2,1H3. The molecule has 2 aromatic rings. The number of hydrogen-bond acceptors (Lipinski definition) is 2. The maximum atomic E-state index is 5.64. The van der Waals surface area contributed by atoms with E-state index < -0.39 is 0 Å². The zero-order chi connectivity index (χ0) is 11.4. The van der Waals surface area contributed by atoms with Gasteiger partial charge in [-0.1, -0.05) is 18.2 Å². The molecular weight excluding hydrogens is 268 g/mol. The van der Waals surface area contributed by atoms with Gasteiger partial charge in [0.25, 0.3) is 0 Å². The summed E-state index contributed by atoms with van der Waals surface area (Å²) in [5.41, 5.74) is 0. The number of benzene rings is 1. The summed E-state index contributed by atoms with van der Waals surface area (Å²) in [5, 5.41) is 0. The van der Waals surface area contributed by atoms with E-state index in [2.05, 4.69) is 32.4 Å². The summed E-state index contributed by atoms with van der Waals surface area (Å²) in [6.07, 6.45) is 1.80. The first kappa shape index (κ1) is 11.2. The summed E-state index contributed by atoms with van der Waals surface area (Å²) >= 11 is 3.45. The SMILES string of the molecule is CCn1c(Br)cnc1COc1ccccc1. The number of ether oxygens (including phenoxy) is 1. The molecule has 0 bridgehead atoms. The lowest BCUT2D eigenvalue weighted by molar-refractivity contribution is 0.289. The molecule has 0 aliphatic carbocycles. The van der Waals surface area contributed by atoms with Crippen LogP contribution in [0.4, 0.5) is 0 Å². The number of aromatic nitrogens is 2. The zero-order valence-corrected chi connectivity index (χ0v) is 10.6. The summed E-state index contributed by atoms with van der Waals surface area (Å²) in [5.74, 6) is 1.79. The van der Waals surface area contributed by atoms with E-state index in [9.17, 15) is 0 Å². The molecule has 2 rings (SSSR count). The van der Waals surface area contributed by atoms with Crippen molar-refractivity contribution < 1.29 is 4.74 Å². The van der Waals surface area contributed by atoms with Gasteiger partial charge < -0.3 is 9.30 Å². The predicted molar refractivity (Wildman–Crippen MR) is 66.4 cm³/mol. The fraction of sp³-hybridized carbons (Fsp3) is 0.250. The molecule has 0 radical (unpaired) electrons. The summed E-state index contributed by atoms with van der Waals surface area (Å²) in [7, 11) is 0. The van der Waals surface area contributed by atoms with Gasteiger partial charge in [-0.05, 0) is 35.0 Å². The Labute approximate surface area is 103 Å². The van der Waals surface area contributed by atoms with Crippen molar-refractivity contribution in [2.75, 3.05) is 0 Å². The highest BCUT2D eigenvalue weighted by Gasteiger charge is 2.06. The Morgan fingerprint density at radius 1 is 1.31 bits per heavy atom. The first-order valence-electron chi connectivity index (χ1n) is 5.19. The maximum Gasteiger partial charge on any atom is 0.147 e. The predicted octanol–water partition coefficient (Wildman–Crippen LogP) is 3.24. The Kier molecular flexibility index (Phi) is 3.62. The number of hydrogen-bond donors (Lipinski definition) is 0. The van der Waals surface area contributed by atoms with Gasteiger partial charge in [-0.2, -0.15) is 0 Å². The molecule has 84 valence electrons. The lowest BCUT2D eigenvalue weighted by Gasteiger charge is -2.08. The van der Waals surface area contributed by atoms with Gasteiger partial charge in [0.05, 0.1) is 6.20 Å². The van der Waals surface area contributed by atoms with Crippen molar-refractivity contribution >= 4 is 15.9 Å². The van der Waals surface area contributed by atoms with Gasteiger partial charge >= 0.3 is 0 Å². The van der Waals surface area contributed by atoms with Crippen molar-refractivity contribution in [3.63, 3.8) is 0 Å². The molecule has 1 aromatic heterocycles. The van der Waals surface area contributed by atoms with E-state index in [1.807, 2.05) is 30.3 Å². The monoisotopic (exact) mass is 280 g/mol. The summed E-state index contributed by atoms with van der Waals surface area (Å²) < 4.78 is 8.70. The highest BCUT2D eigenvalue weighted by molar-refractivity contribution is 9.10. The van der Waals surface area contributed by atoms with E-state index >= 15 is 0 Å². The van der Waals surface area contributed by atoms with Gasteiger partial charge in [0.2, 0.25) is 0 Å². The molecule has 0 saturated heterocycles. The Morgan fingerprint density at radius 3 is 2.75 bits per heavy atom. The molecule has 0 saturated carbocycles. The molecule has 1 aromatic carbocycles. The third kappa shape index (κ3) is 2.44. The number of para-hydroxylation sites is 1. The number of halogens is 1. The molecule has 0 fully saturated rings. The molecule has 0 unspecified atom stereocenters. The minimum Gasteiger partial charge on any atom is -0.486 e. The van der Waals surface area contributed by atoms with Crippen LogP contribution in [0.25, 0.3) is 0 Å². The quantitative estimate of drug-likeness (QED) is 0.860. The van der Waals surface area contributed by atoms with Crippen LogP contribution in [0, 0.1) is 0 Å². The Bertz CT molecular complexity index is 453. The van der Waals surface area contributed by atoms with Crippen LogP contribution in [-0.4, -0.2) is 9.55 Å². The molecule has 4 heteroatoms. The van der Waals surface area contributed by atoms with E-state index in [-0.39, 0.29) is 0 Å². The van der Waals surface area contributed by atoms with E-state index in [4.69, 9.17) is 4.74 Å². The van der Waals surface area contributed by atoms with Crippen LogP contribution in [0.5, 0.6) is 5.75 Å². The Hall–Kier alpha value is -1.29. The van der Waals surface area contributed by atoms with Crippen molar-refractivity contribution in [1.29, 1.82) is 0 Å². The molecule has 0 spiro atoms. The Morgan fingerprint density at radius 2 is 2.06 bits per heavy atom. The second kappa shape index (κ2) is 5.16. The average molecular weight is 281 g/mol. The fourth-order valence-electron chi connectivity index (χ4n) is 1.50. The number of imidazole rings is 1. The van der Waals surface area contributed by atoms with Crippen LogP contribution in [-0.2, 0) is 13.2 Å². The van der Waals surface area contributed by atoms with Crippen LogP contribution in [0.15, 0.2) is 41.1 Å².